The van der Waals surface area contributed by atoms with E-state index in [1.807, 2.05) is 30.3 Å². The molecule has 0 aliphatic carbocycles. The summed E-state index contributed by atoms with van der Waals surface area (Å²) in [6.07, 6.45) is -0.453. The van der Waals surface area contributed by atoms with E-state index in [1.165, 1.54) is 23.1 Å². The van der Waals surface area contributed by atoms with Crippen LogP contribution in [0.5, 0.6) is 0 Å². The first kappa shape index (κ1) is 32.6. The monoisotopic (exact) mass is 608 g/mol. The Kier molecular flexibility index (Phi) is 10.4. The van der Waals surface area contributed by atoms with Crippen LogP contribution in [-0.2, 0) is 20.9 Å². The van der Waals surface area contributed by atoms with Gasteiger partial charge in [-0.2, -0.15) is 0 Å². The molecule has 0 spiro atoms. The molecule has 2 aromatic carbocycles. The van der Waals surface area contributed by atoms with Crippen molar-refractivity contribution in [2.24, 2.45) is 17.6 Å². The number of carboxylic acid groups (broad SMARTS) is 1. The summed E-state index contributed by atoms with van der Waals surface area (Å²) in [6, 6.07) is 9.98. The molecule has 4 rings (SSSR count). The number of carboxylic acids is 1. The van der Waals surface area contributed by atoms with Crippen molar-refractivity contribution < 1.29 is 38.5 Å². The Labute approximate surface area is 255 Å². The van der Waals surface area contributed by atoms with Crippen LogP contribution < -0.4 is 5.73 Å². The second kappa shape index (κ2) is 14.0. The highest BCUT2D eigenvalue weighted by atomic mass is 16.5. The number of aromatic carboxylic acids is 1. The van der Waals surface area contributed by atoms with Crippen molar-refractivity contribution in [2.75, 3.05) is 6.54 Å². The number of aliphatic hydroxyl groups is 1. The number of esters is 1. The minimum Gasteiger partial charge on any atom is -0.478 e. The summed E-state index contributed by atoms with van der Waals surface area (Å²) in [5, 5.41) is 20.9. The maximum absolute atomic E-state index is 14.3. The van der Waals surface area contributed by atoms with Crippen molar-refractivity contribution in [1.29, 1.82) is 0 Å². The first-order valence-corrected chi connectivity index (χ1v) is 14.8. The van der Waals surface area contributed by atoms with Crippen LogP contribution in [0.2, 0.25) is 0 Å². The molecule has 2 unspecified atom stereocenters. The van der Waals surface area contributed by atoms with Gasteiger partial charge in [-0.25, -0.2) is 14.6 Å². The lowest BCUT2D eigenvalue weighted by molar-refractivity contribution is -0.146. The summed E-state index contributed by atoms with van der Waals surface area (Å²) in [7, 11) is 0. The first-order valence-electron chi connectivity index (χ1n) is 14.8. The third kappa shape index (κ3) is 7.25. The SMILES string of the molecule is CC(C)[C@@H](C(O)c1nc2cc(C(=O)O)ccc2o1)N(C(=O)[C@@H](N)C(C)C)C(=O)N1CCCC1CC(=O)OCc1ccccc1. The third-order valence-electron chi connectivity index (χ3n) is 7.92. The average Bonchev–Trinajstić information content (AvgIpc) is 3.64. The number of fused-ring (bicyclic) bond motifs is 1. The zero-order valence-electron chi connectivity index (χ0n) is 25.4. The van der Waals surface area contributed by atoms with Crippen LogP contribution in [-0.4, -0.2) is 73.5 Å². The van der Waals surface area contributed by atoms with Crippen molar-refractivity contribution in [2.45, 2.75) is 77.8 Å². The minimum atomic E-state index is -1.56. The first-order chi connectivity index (χ1) is 20.9. The summed E-state index contributed by atoms with van der Waals surface area (Å²) < 4.78 is 11.2. The fourth-order valence-electron chi connectivity index (χ4n) is 5.40. The molecule has 1 aliphatic rings. The molecular formula is C32H40N4O8. The predicted molar refractivity (Wildman–Crippen MR) is 160 cm³/mol. The number of aliphatic hydroxyl groups excluding tert-OH is 1. The Morgan fingerprint density at radius 3 is 2.43 bits per heavy atom. The molecular weight excluding hydrogens is 568 g/mol. The number of oxazole rings is 1. The Hall–Kier alpha value is -4.29. The maximum Gasteiger partial charge on any atom is 0.335 e. The lowest BCUT2D eigenvalue weighted by Crippen LogP contribution is -2.60. The lowest BCUT2D eigenvalue weighted by atomic mass is 9.94. The molecule has 236 valence electrons. The van der Waals surface area contributed by atoms with Crippen molar-refractivity contribution in [1.82, 2.24) is 14.8 Å². The van der Waals surface area contributed by atoms with Gasteiger partial charge in [0.2, 0.25) is 11.8 Å². The van der Waals surface area contributed by atoms with E-state index in [0.29, 0.717) is 19.4 Å². The molecule has 12 nitrogen and oxygen atoms in total. The van der Waals surface area contributed by atoms with E-state index in [9.17, 15) is 29.4 Å². The number of carbonyl (C=O) groups is 4. The number of nitrogens with two attached hydrogens (primary N) is 1. The Bertz CT molecular complexity index is 1490. The number of likely N-dealkylation sites (tertiary alicyclic amines) is 1. The largest absolute Gasteiger partial charge is 0.478 e. The van der Waals surface area contributed by atoms with E-state index in [-0.39, 0.29) is 41.5 Å². The highest BCUT2D eigenvalue weighted by Gasteiger charge is 2.45. The predicted octanol–water partition coefficient (Wildman–Crippen LogP) is 4.11. The molecule has 3 aromatic rings. The van der Waals surface area contributed by atoms with Gasteiger partial charge in [-0.05, 0) is 48.4 Å². The number of imide groups is 1. The maximum atomic E-state index is 14.3. The van der Waals surface area contributed by atoms with Gasteiger partial charge in [0, 0.05) is 12.6 Å². The van der Waals surface area contributed by atoms with Crippen LogP contribution in [0.3, 0.4) is 0 Å². The molecule has 3 amide bonds. The zero-order chi connectivity index (χ0) is 32.1. The number of amides is 3. The van der Waals surface area contributed by atoms with Crippen molar-refractivity contribution >= 4 is 35.0 Å². The summed E-state index contributed by atoms with van der Waals surface area (Å²) >= 11 is 0. The van der Waals surface area contributed by atoms with Gasteiger partial charge >= 0.3 is 18.0 Å². The molecule has 0 bridgehead atoms. The quantitative estimate of drug-likeness (QED) is 0.268. The fourth-order valence-corrected chi connectivity index (χ4v) is 5.40. The zero-order valence-corrected chi connectivity index (χ0v) is 25.4. The van der Waals surface area contributed by atoms with E-state index in [4.69, 9.17) is 14.9 Å². The van der Waals surface area contributed by atoms with E-state index in [0.717, 1.165) is 10.5 Å². The van der Waals surface area contributed by atoms with Crippen LogP contribution in [0.15, 0.2) is 52.9 Å². The second-order valence-electron chi connectivity index (χ2n) is 11.8. The third-order valence-corrected chi connectivity index (χ3v) is 7.92. The summed E-state index contributed by atoms with van der Waals surface area (Å²) in [5.74, 6) is -3.26. The smallest absolute Gasteiger partial charge is 0.335 e. The molecule has 0 saturated carbocycles. The Morgan fingerprint density at radius 1 is 1.09 bits per heavy atom. The van der Waals surface area contributed by atoms with Crippen molar-refractivity contribution in [3.8, 4) is 0 Å². The van der Waals surface area contributed by atoms with Gasteiger partial charge < -0.3 is 30.0 Å². The number of hydrogen-bond acceptors (Lipinski definition) is 9. The molecule has 2 heterocycles. The molecule has 4 atom stereocenters. The normalized spacial score (nSPS) is 17.1. The summed E-state index contributed by atoms with van der Waals surface area (Å²) in [5.41, 5.74) is 7.55. The van der Waals surface area contributed by atoms with Gasteiger partial charge in [0.15, 0.2) is 11.7 Å². The van der Waals surface area contributed by atoms with Crippen molar-refractivity contribution in [3.05, 3.63) is 65.5 Å². The molecule has 1 fully saturated rings. The van der Waals surface area contributed by atoms with Gasteiger partial charge in [-0.3, -0.25) is 14.5 Å². The molecule has 44 heavy (non-hydrogen) atoms. The number of aromatic nitrogens is 1. The minimum absolute atomic E-state index is 0.00971. The molecule has 1 aromatic heterocycles. The number of rotatable bonds is 11. The summed E-state index contributed by atoms with van der Waals surface area (Å²) in [6.45, 7) is 7.42. The van der Waals surface area contributed by atoms with Gasteiger partial charge in [0.05, 0.1) is 24.1 Å². The van der Waals surface area contributed by atoms with Crippen molar-refractivity contribution in [3.63, 3.8) is 0 Å². The summed E-state index contributed by atoms with van der Waals surface area (Å²) in [4.78, 5) is 59.1. The van der Waals surface area contributed by atoms with Gasteiger partial charge in [0.25, 0.3) is 0 Å². The van der Waals surface area contributed by atoms with Gasteiger partial charge in [-0.1, -0.05) is 58.0 Å². The highest BCUT2D eigenvalue weighted by molar-refractivity contribution is 5.98. The van der Waals surface area contributed by atoms with E-state index in [1.54, 1.807) is 27.7 Å². The van der Waals surface area contributed by atoms with Crippen LogP contribution in [0, 0.1) is 11.8 Å². The standard InChI is InChI=1S/C32H40N4O8/c1-18(2)26(33)30(39)36(27(19(3)4)28(38)29-34-23-15-21(31(40)41)12-13-24(23)44-29)32(42)35-14-8-11-22(35)16-25(37)43-17-20-9-6-5-7-10-20/h5-7,9-10,12-13,15,18-19,22,26-28,38H,8,11,14,16-17,33H2,1-4H3,(H,40,41)/t22?,26-,27-,28?/m0/s1. The Morgan fingerprint density at radius 2 is 1.80 bits per heavy atom. The number of benzene rings is 2. The van der Waals surface area contributed by atoms with E-state index >= 15 is 0 Å². The van der Waals surface area contributed by atoms with E-state index < -0.39 is 54.0 Å². The lowest BCUT2D eigenvalue weighted by Gasteiger charge is -2.40. The van der Waals surface area contributed by atoms with Gasteiger partial charge in [-0.15, -0.1) is 0 Å². The second-order valence-corrected chi connectivity index (χ2v) is 11.8. The number of ether oxygens (including phenoxy) is 1. The molecule has 12 heteroatoms. The van der Waals surface area contributed by atoms with Crippen LogP contribution >= 0.6 is 0 Å². The molecule has 0 radical (unpaired) electrons. The molecule has 1 aliphatic heterocycles. The number of hydrogen-bond donors (Lipinski definition) is 3. The fraction of sp³-hybridized carbons (Fsp3) is 0.469. The number of urea groups is 1. The van der Waals surface area contributed by atoms with Crippen LogP contribution in [0.4, 0.5) is 4.79 Å². The van der Waals surface area contributed by atoms with Crippen LogP contribution in [0.25, 0.3) is 11.1 Å². The molecule has 4 N–H and O–H groups in total. The number of carbonyl (C=O) groups excluding carboxylic acids is 3. The number of nitrogens with zero attached hydrogens (tertiary/aromatic N) is 3. The van der Waals surface area contributed by atoms with E-state index in [2.05, 4.69) is 4.98 Å². The average molecular weight is 609 g/mol. The Balaban J connectivity index is 1.62. The highest BCUT2D eigenvalue weighted by Crippen LogP contribution is 2.32. The van der Waals surface area contributed by atoms with Crippen LogP contribution in [0.1, 0.15) is 74.9 Å². The molecule has 1 saturated heterocycles. The van der Waals surface area contributed by atoms with Gasteiger partial charge in [0.1, 0.15) is 12.1 Å². The topological polar surface area (TPSA) is 176 Å².